The van der Waals surface area contributed by atoms with Crippen molar-refractivity contribution in [1.29, 1.82) is 5.26 Å². The predicted octanol–water partition coefficient (Wildman–Crippen LogP) is 2.90. The van der Waals surface area contributed by atoms with E-state index in [0.29, 0.717) is 5.56 Å². The van der Waals surface area contributed by atoms with E-state index >= 15 is 0 Å². The van der Waals surface area contributed by atoms with E-state index in [1.807, 2.05) is 6.07 Å². The number of benzene rings is 1. The van der Waals surface area contributed by atoms with Crippen LogP contribution in [0.3, 0.4) is 0 Å². The van der Waals surface area contributed by atoms with E-state index < -0.39 is 11.0 Å². The Morgan fingerprint density at radius 1 is 1.35 bits per heavy atom. The van der Waals surface area contributed by atoms with E-state index in [1.54, 1.807) is 26.2 Å². The van der Waals surface area contributed by atoms with Crippen molar-refractivity contribution in [2.24, 2.45) is 23.0 Å². The van der Waals surface area contributed by atoms with Crippen LogP contribution in [0.15, 0.2) is 18.2 Å². The van der Waals surface area contributed by atoms with Crippen LogP contribution in [0.25, 0.3) is 0 Å². The first-order chi connectivity index (χ1) is 12.3. The summed E-state index contributed by atoms with van der Waals surface area (Å²) in [6, 6.07) is 7.69. The van der Waals surface area contributed by atoms with Crippen molar-refractivity contribution in [2.75, 3.05) is 13.7 Å². The maximum atomic E-state index is 13.1. The molecule has 3 rings (SSSR count). The van der Waals surface area contributed by atoms with Crippen molar-refractivity contribution in [3.63, 3.8) is 0 Å². The predicted molar refractivity (Wildman–Crippen MR) is 98.2 cm³/mol. The standard InChI is InChI=1S/C21H28N2O3/c1-5-26-19(24)21(23)17-8-15(12-22)6-7-16(17)11-20(21)9-13(2)18(25-4)14(3)10-20/h6-8,13-14,18H,5,9-11,23H2,1-4H3/t13-,14+,18?,20?,21-/m1/s1. The molecule has 1 fully saturated rings. The van der Waals surface area contributed by atoms with Gasteiger partial charge in [-0.15, -0.1) is 0 Å². The lowest BCUT2D eigenvalue weighted by Gasteiger charge is -2.51. The molecule has 1 aromatic rings. The summed E-state index contributed by atoms with van der Waals surface area (Å²) in [5, 5.41) is 9.31. The minimum Gasteiger partial charge on any atom is -0.464 e. The van der Waals surface area contributed by atoms with Crippen LogP contribution in [0.1, 0.15) is 50.3 Å². The summed E-state index contributed by atoms with van der Waals surface area (Å²) >= 11 is 0. The number of fused-ring (bicyclic) bond motifs is 1. The van der Waals surface area contributed by atoms with Gasteiger partial charge in [0.15, 0.2) is 0 Å². The first-order valence-electron chi connectivity index (χ1n) is 9.35. The quantitative estimate of drug-likeness (QED) is 0.842. The topological polar surface area (TPSA) is 85.3 Å². The molecule has 1 spiro atoms. The van der Waals surface area contributed by atoms with Gasteiger partial charge in [-0.2, -0.15) is 5.26 Å². The molecule has 2 unspecified atom stereocenters. The van der Waals surface area contributed by atoms with Gasteiger partial charge in [-0.25, -0.2) is 4.79 Å². The monoisotopic (exact) mass is 356 g/mol. The fraction of sp³-hybridized carbons (Fsp3) is 0.619. The Labute approximate surface area is 155 Å². The molecule has 1 aromatic carbocycles. The van der Waals surface area contributed by atoms with Crippen molar-refractivity contribution >= 4 is 5.97 Å². The first kappa shape index (κ1) is 18.9. The van der Waals surface area contributed by atoms with Crippen molar-refractivity contribution in [3.8, 4) is 6.07 Å². The third-order valence-corrected chi connectivity index (χ3v) is 6.45. The second-order valence-corrected chi connectivity index (χ2v) is 8.03. The van der Waals surface area contributed by atoms with Crippen LogP contribution in [-0.2, 0) is 26.2 Å². The van der Waals surface area contributed by atoms with E-state index in [2.05, 4.69) is 19.9 Å². The highest BCUT2D eigenvalue weighted by molar-refractivity contribution is 5.86. The Balaban J connectivity index is 2.14. The summed E-state index contributed by atoms with van der Waals surface area (Å²) in [7, 11) is 1.75. The number of nitrogens with two attached hydrogens (primary N) is 1. The van der Waals surface area contributed by atoms with Gasteiger partial charge in [0, 0.05) is 12.5 Å². The van der Waals surface area contributed by atoms with Crippen molar-refractivity contribution in [2.45, 2.75) is 51.7 Å². The molecule has 2 aliphatic rings. The second kappa shape index (κ2) is 6.68. The largest absolute Gasteiger partial charge is 0.464 e. The fourth-order valence-electron chi connectivity index (χ4n) is 5.57. The maximum absolute atomic E-state index is 13.1. The molecule has 0 radical (unpaired) electrons. The molecule has 5 nitrogen and oxygen atoms in total. The van der Waals surface area contributed by atoms with Gasteiger partial charge < -0.3 is 15.2 Å². The van der Waals surface area contributed by atoms with Gasteiger partial charge in [0.25, 0.3) is 0 Å². The average molecular weight is 356 g/mol. The number of methoxy groups -OCH3 is 1. The van der Waals surface area contributed by atoms with Crippen LogP contribution in [0.5, 0.6) is 0 Å². The molecule has 5 heteroatoms. The van der Waals surface area contributed by atoms with Crippen LogP contribution >= 0.6 is 0 Å². The second-order valence-electron chi connectivity index (χ2n) is 8.03. The van der Waals surface area contributed by atoms with Gasteiger partial charge in [0.1, 0.15) is 5.54 Å². The van der Waals surface area contributed by atoms with E-state index in [-0.39, 0.29) is 30.5 Å². The summed E-state index contributed by atoms with van der Waals surface area (Å²) in [5.74, 6) is 0.181. The van der Waals surface area contributed by atoms with E-state index in [0.717, 1.165) is 30.4 Å². The molecule has 2 aliphatic carbocycles. The highest BCUT2D eigenvalue weighted by Gasteiger charge is 2.63. The molecule has 0 bridgehead atoms. The van der Waals surface area contributed by atoms with Gasteiger partial charge in [-0.05, 0) is 61.3 Å². The lowest BCUT2D eigenvalue weighted by molar-refractivity contribution is -0.161. The third-order valence-electron chi connectivity index (χ3n) is 6.45. The zero-order valence-corrected chi connectivity index (χ0v) is 16.0. The minimum atomic E-state index is -1.23. The van der Waals surface area contributed by atoms with Gasteiger partial charge >= 0.3 is 5.97 Å². The Hall–Kier alpha value is -1.90. The number of ether oxygens (including phenoxy) is 2. The van der Waals surface area contributed by atoms with Crippen molar-refractivity contribution in [3.05, 3.63) is 34.9 Å². The zero-order chi connectivity index (χ0) is 19.1. The minimum absolute atomic E-state index is 0.158. The van der Waals surface area contributed by atoms with Crippen molar-refractivity contribution in [1.82, 2.24) is 0 Å². The molecule has 0 aromatic heterocycles. The van der Waals surface area contributed by atoms with Crippen LogP contribution < -0.4 is 5.73 Å². The summed E-state index contributed by atoms with van der Waals surface area (Å²) in [6.45, 7) is 6.41. The molecular weight excluding hydrogens is 328 g/mol. The number of hydrogen-bond acceptors (Lipinski definition) is 5. The number of nitriles is 1. The number of carbonyl (C=O) groups is 1. The molecule has 26 heavy (non-hydrogen) atoms. The summed E-state index contributed by atoms with van der Waals surface area (Å²) in [5.41, 5.74) is 7.60. The Morgan fingerprint density at radius 3 is 2.54 bits per heavy atom. The van der Waals surface area contributed by atoms with Crippen LogP contribution in [0.2, 0.25) is 0 Å². The summed E-state index contributed by atoms with van der Waals surface area (Å²) in [4.78, 5) is 13.1. The van der Waals surface area contributed by atoms with E-state index in [1.165, 1.54) is 0 Å². The highest BCUT2D eigenvalue weighted by atomic mass is 16.5. The van der Waals surface area contributed by atoms with E-state index in [4.69, 9.17) is 15.2 Å². The molecule has 2 N–H and O–H groups in total. The lowest BCUT2D eigenvalue weighted by atomic mass is 9.56. The number of esters is 1. The molecular formula is C21H28N2O3. The molecule has 5 atom stereocenters. The molecule has 140 valence electrons. The highest BCUT2D eigenvalue weighted by Crippen LogP contribution is 2.59. The maximum Gasteiger partial charge on any atom is 0.331 e. The SMILES string of the molecule is CCOC(=O)[C@]1(N)c2cc(C#N)ccc2CC12C[C@@H](C)C(OC)[C@@H](C)C2. The number of nitrogens with zero attached hydrogens (tertiary/aromatic N) is 1. The van der Waals surface area contributed by atoms with Gasteiger partial charge in [0.05, 0.1) is 24.3 Å². The normalized spacial score (nSPS) is 35.8. The van der Waals surface area contributed by atoms with Gasteiger partial charge in [-0.1, -0.05) is 19.9 Å². The van der Waals surface area contributed by atoms with Crippen LogP contribution in [0.4, 0.5) is 0 Å². The Kier molecular flexibility index (Phi) is 4.85. The van der Waals surface area contributed by atoms with Gasteiger partial charge in [-0.3, -0.25) is 0 Å². The Morgan fingerprint density at radius 2 is 2.00 bits per heavy atom. The number of rotatable bonds is 3. The van der Waals surface area contributed by atoms with Gasteiger partial charge in [0.2, 0.25) is 0 Å². The van der Waals surface area contributed by atoms with Crippen molar-refractivity contribution < 1.29 is 14.3 Å². The molecule has 0 aliphatic heterocycles. The third kappa shape index (κ3) is 2.55. The smallest absolute Gasteiger partial charge is 0.331 e. The van der Waals surface area contributed by atoms with Crippen LogP contribution in [0, 0.1) is 28.6 Å². The zero-order valence-electron chi connectivity index (χ0n) is 16.0. The summed E-state index contributed by atoms with van der Waals surface area (Å²) in [6.07, 6.45) is 2.48. The molecule has 0 heterocycles. The number of carbonyl (C=O) groups excluding carboxylic acids is 1. The molecule has 0 saturated heterocycles. The lowest BCUT2D eigenvalue weighted by Crippen LogP contribution is -2.60. The van der Waals surface area contributed by atoms with Crippen LogP contribution in [-0.4, -0.2) is 25.8 Å². The first-order valence-corrected chi connectivity index (χ1v) is 9.35. The average Bonchev–Trinajstić information content (AvgIpc) is 2.83. The fourth-order valence-corrected chi connectivity index (χ4v) is 5.57. The summed E-state index contributed by atoms with van der Waals surface area (Å²) < 4.78 is 11.1. The van der Waals surface area contributed by atoms with E-state index in [9.17, 15) is 10.1 Å². The molecule has 0 amide bonds. The molecule has 1 saturated carbocycles. The Bertz CT molecular complexity index is 742. The number of hydrogen-bond donors (Lipinski definition) is 1.